The van der Waals surface area contributed by atoms with Gasteiger partial charge in [-0.05, 0) is 29.5 Å². The number of hydrogen-bond donors (Lipinski definition) is 0. The molecule has 0 spiro atoms. The van der Waals surface area contributed by atoms with Gasteiger partial charge in [-0.15, -0.1) is 0 Å². The Morgan fingerprint density at radius 2 is 1.86 bits per heavy atom. The minimum Gasteiger partial charge on any atom is -0.211 e. The van der Waals surface area contributed by atoms with Crippen LogP contribution in [0.3, 0.4) is 0 Å². The summed E-state index contributed by atoms with van der Waals surface area (Å²) in [4.78, 5) is 13.6. The van der Waals surface area contributed by atoms with Crippen molar-refractivity contribution in [2.24, 2.45) is 4.99 Å². The molecular formula is C12H15NO. The maximum Gasteiger partial charge on any atom is 0.240 e. The van der Waals surface area contributed by atoms with Crippen LogP contribution >= 0.6 is 0 Å². The van der Waals surface area contributed by atoms with Crippen molar-refractivity contribution < 1.29 is 4.79 Å². The molecule has 0 saturated carbocycles. The monoisotopic (exact) mass is 189 g/mol. The van der Waals surface area contributed by atoms with Gasteiger partial charge in [-0.1, -0.05) is 32.9 Å². The summed E-state index contributed by atoms with van der Waals surface area (Å²) in [7, 11) is 0. The van der Waals surface area contributed by atoms with Gasteiger partial charge in [0.1, 0.15) is 0 Å². The molecule has 0 aliphatic carbocycles. The van der Waals surface area contributed by atoms with E-state index in [0.29, 0.717) is 5.69 Å². The highest BCUT2D eigenvalue weighted by Crippen LogP contribution is 2.27. The molecule has 0 bridgehead atoms. The molecule has 0 fully saturated rings. The van der Waals surface area contributed by atoms with E-state index in [9.17, 15) is 4.79 Å². The fourth-order valence-corrected chi connectivity index (χ4v) is 1.24. The van der Waals surface area contributed by atoms with Gasteiger partial charge in [-0.2, -0.15) is 4.99 Å². The lowest BCUT2D eigenvalue weighted by Crippen LogP contribution is -2.14. The van der Waals surface area contributed by atoms with Gasteiger partial charge in [-0.3, -0.25) is 0 Å². The van der Waals surface area contributed by atoms with Crippen molar-refractivity contribution in [3.05, 3.63) is 29.8 Å². The van der Waals surface area contributed by atoms with Crippen molar-refractivity contribution in [1.82, 2.24) is 0 Å². The lowest BCUT2D eigenvalue weighted by molar-refractivity contribution is 0.506. The zero-order chi connectivity index (χ0) is 10.6. The zero-order valence-electron chi connectivity index (χ0n) is 8.87. The molecule has 1 rings (SSSR count). The minimum atomic E-state index is 0.184. The van der Waals surface area contributed by atoms with E-state index >= 15 is 0 Å². The fraction of sp³-hybridized carbons (Fsp3) is 0.417. The number of isocyanates is 1. The Kier molecular flexibility index (Phi) is 3.21. The number of benzene rings is 1. The summed E-state index contributed by atoms with van der Waals surface area (Å²) in [6.45, 7) is 6.56. The molecule has 0 amide bonds. The molecule has 0 heterocycles. The zero-order valence-corrected chi connectivity index (χ0v) is 8.87. The molecule has 0 atom stereocenters. The largest absolute Gasteiger partial charge is 0.240 e. The highest BCUT2D eigenvalue weighted by atomic mass is 16.1. The molecule has 14 heavy (non-hydrogen) atoms. The Morgan fingerprint density at radius 3 is 2.29 bits per heavy atom. The summed E-state index contributed by atoms with van der Waals surface area (Å²) in [5.74, 6) is 0. The first-order valence-electron chi connectivity index (χ1n) is 4.78. The maximum absolute atomic E-state index is 10.0. The molecule has 1 aromatic rings. The molecule has 0 radical (unpaired) electrons. The third-order valence-electron chi connectivity index (χ3n) is 2.71. The first kappa shape index (κ1) is 10.7. The minimum absolute atomic E-state index is 0.184. The summed E-state index contributed by atoms with van der Waals surface area (Å²) in [6.07, 6.45) is 2.62. The van der Waals surface area contributed by atoms with E-state index in [1.807, 2.05) is 24.3 Å². The summed E-state index contributed by atoms with van der Waals surface area (Å²) in [5, 5.41) is 0. The first-order chi connectivity index (χ1) is 6.60. The second kappa shape index (κ2) is 4.21. The van der Waals surface area contributed by atoms with Crippen molar-refractivity contribution in [1.29, 1.82) is 0 Å². The normalized spacial score (nSPS) is 10.8. The van der Waals surface area contributed by atoms with Crippen LogP contribution in [0.5, 0.6) is 0 Å². The van der Waals surface area contributed by atoms with Crippen LogP contribution < -0.4 is 0 Å². The van der Waals surface area contributed by atoms with Gasteiger partial charge in [0.2, 0.25) is 6.08 Å². The molecule has 74 valence electrons. The highest BCUT2D eigenvalue weighted by Gasteiger charge is 2.17. The molecule has 0 saturated heterocycles. The number of rotatable bonds is 3. The average Bonchev–Trinajstić information content (AvgIpc) is 2.19. The Labute approximate surface area is 84.7 Å². The summed E-state index contributed by atoms with van der Waals surface area (Å²) >= 11 is 0. The summed E-state index contributed by atoms with van der Waals surface area (Å²) in [5.41, 5.74) is 2.11. The lowest BCUT2D eigenvalue weighted by atomic mass is 9.82. The van der Waals surface area contributed by atoms with Gasteiger partial charge in [0, 0.05) is 0 Å². The van der Waals surface area contributed by atoms with Crippen LogP contribution in [0.1, 0.15) is 32.8 Å². The predicted octanol–water partition coefficient (Wildman–Crippen LogP) is 3.34. The number of hydrogen-bond acceptors (Lipinski definition) is 2. The summed E-state index contributed by atoms with van der Waals surface area (Å²) in [6, 6.07) is 7.72. The molecule has 0 N–H and O–H groups in total. The number of aliphatic imine (C=N–C) groups is 1. The van der Waals surface area contributed by atoms with E-state index in [-0.39, 0.29) is 5.41 Å². The van der Waals surface area contributed by atoms with Crippen molar-refractivity contribution >= 4 is 11.8 Å². The van der Waals surface area contributed by atoms with E-state index in [1.165, 1.54) is 11.6 Å². The molecule has 1 aromatic carbocycles. The molecule has 0 aliphatic heterocycles. The van der Waals surface area contributed by atoms with Crippen LogP contribution in [-0.4, -0.2) is 6.08 Å². The Balaban J connectivity index is 2.99. The Morgan fingerprint density at radius 1 is 1.29 bits per heavy atom. The van der Waals surface area contributed by atoms with Gasteiger partial charge < -0.3 is 0 Å². The smallest absolute Gasteiger partial charge is 0.211 e. The maximum atomic E-state index is 10.0. The van der Waals surface area contributed by atoms with Crippen LogP contribution in [-0.2, 0) is 10.2 Å². The van der Waals surface area contributed by atoms with E-state index < -0.39 is 0 Å². The van der Waals surface area contributed by atoms with Crippen LogP contribution in [0.4, 0.5) is 5.69 Å². The molecular weight excluding hydrogens is 174 g/mol. The Hall–Kier alpha value is -1.40. The second-order valence-electron chi connectivity index (χ2n) is 3.99. The van der Waals surface area contributed by atoms with E-state index in [0.717, 1.165) is 6.42 Å². The van der Waals surface area contributed by atoms with Gasteiger partial charge in [0.25, 0.3) is 0 Å². The van der Waals surface area contributed by atoms with Gasteiger partial charge in [0.05, 0.1) is 5.69 Å². The van der Waals surface area contributed by atoms with Crippen LogP contribution in [0.2, 0.25) is 0 Å². The van der Waals surface area contributed by atoms with Crippen molar-refractivity contribution in [3.63, 3.8) is 0 Å². The standard InChI is InChI=1S/C12H15NO/c1-4-12(2,3)10-5-7-11(8-6-10)13-9-14/h5-8H,4H2,1-3H3. The van der Waals surface area contributed by atoms with Crippen molar-refractivity contribution in [3.8, 4) is 0 Å². The van der Waals surface area contributed by atoms with Crippen LogP contribution in [0.15, 0.2) is 29.3 Å². The third kappa shape index (κ3) is 2.30. The lowest BCUT2D eigenvalue weighted by Gasteiger charge is -2.23. The topological polar surface area (TPSA) is 29.4 Å². The number of carbonyl (C=O) groups excluding carboxylic acids is 1. The second-order valence-corrected chi connectivity index (χ2v) is 3.99. The van der Waals surface area contributed by atoms with Gasteiger partial charge in [-0.25, -0.2) is 4.79 Å². The average molecular weight is 189 g/mol. The van der Waals surface area contributed by atoms with Gasteiger partial charge in [0.15, 0.2) is 0 Å². The van der Waals surface area contributed by atoms with Crippen LogP contribution in [0.25, 0.3) is 0 Å². The molecule has 0 aliphatic rings. The van der Waals surface area contributed by atoms with Crippen LogP contribution in [0, 0.1) is 0 Å². The van der Waals surface area contributed by atoms with Gasteiger partial charge >= 0.3 is 0 Å². The van der Waals surface area contributed by atoms with Crippen molar-refractivity contribution in [2.45, 2.75) is 32.6 Å². The van der Waals surface area contributed by atoms with E-state index in [1.54, 1.807) is 0 Å². The summed E-state index contributed by atoms with van der Waals surface area (Å²) < 4.78 is 0. The SMILES string of the molecule is CCC(C)(C)c1ccc(N=C=O)cc1. The quantitative estimate of drug-likeness (QED) is 0.529. The first-order valence-corrected chi connectivity index (χ1v) is 4.78. The fourth-order valence-electron chi connectivity index (χ4n) is 1.24. The Bertz CT molecular complexity index is 345. The van der Waals surface area contributed by atoms with Crippen molar-refractivity contribution in [2.75, 3.05) is 0 Å². The molecule has 2 nitrogen and oxygen atoms in total. The highest BCUT2D eigenvalue weighted by molar-refractivity contribution is 5.49. The molecule has 0 aromatic heterocycles. The third-order valence-corrected chi connectivity index (χ3v) is 2.71. The van der Waals surface area contributed by atoms with E-state index in [4.69, 9.17) is 0 Å². The van der Waals surface area contributed by atoms with E-state index in [2.05, 4.69) is 25.8 Å². The number of nitrogens with zero attached hydrogens (tertiary/aromatic N) is 1. The molecule has 0 unspecified atom stereocenters. The predicted molar refractivity (Wildman–Crippen MR) is 57.5 cm³/mol. The molecule has 2 heteroatoms.